The van der Waals surface area contributed by atoms with E-state index >= 15 is 0 Å². The normalized spacial score (nSPS) is 11.2. The molecule has 0 amide bonds. The van der Waals surface area contributed by atoms with E-state index in [-0.39, 0.29) is 18.1 Å². The topological polar surface area (TPSA) is 75.5 Å². The van der Waals surface area contributed by atoms with Gasteiger partial charge in [0, 0.05) is 27.9 Å². The minimum absolute atomic E-state index is 0.102. The summed E-state index contributed by atoms with van der Waals surface area (Å²) in [5, 5.41) is 10.6. The first-order valence-corrected chi connectivity index (χ1v) is 7.25. The fourth-order valence-corrected chi connectivity index (χ4v) is 2.69. The predicted molar refractivity (Wildman–Crippen MR) is 85.8 cm³/mol. The monoisotopic (exact) mass is 325 g/mol. The number of halogens is 1. The number of aromatic carboxylic acids is 1. The van der Waals surface area contributed by atoms with Crippen LogP contribution < -0.4 is 4.74 Å². The molecule has 2 aromatic carbocycles. The van der Waals surface area contributed by atoms with Crippen LogP contribution in [0.1, 0.15) is 16.1 Å². The lowest BCUT2D eigenvalue weighted by atomic mass is 10.2. The number of rotatable bonds is 4. The molecule has 120 valence electrons. The number of fused-ring (bicyclic) bond motifs is 2. The number of furan rings is 1. The van der Waals surface area contributed by atoms with Crippen molar-refractivity contribution in [2.75, 3.05) is 0 Å². The number of hydrogen-bond acceptors (Lipinski definition) is 3. The summed E-state index contributed by atoms with van der Waals surface area (Å²) in [6.45, 7) is 0.228. The molecule has 2 N–H and O–H groups in total. The van der Waals surface area contributed by atoms with Crippen molar-refractivity contribution in [2.45, 2.75) is 6.61 Å². The molecule has 24 heavy (non-hydrogen) atoms. The van der Waals surface area contributed by atoms with Gasteiger partial charge in [-0.3, -0.25) is 0 Å². The zero-order chi connectivity index (χ0) is 16.7. The first-order chi connectivity index (χ1) is 11.6. The van der Waals surface area contributed by atoms with Gasteiger partial charge < -0.3 is 19.2 Å². The SMILES string of the molecule is O=C(O)c1cc2c(OCc3coc4cc(F)ccc34)cccc2[nH]1. The molecule has 4 aromatic rings. The molecule has 0 bridgehead atoms. The van der Waals surface area contributed by atoms with E-state index in [0.29, 0.717) is 22.2 Å². The van der Waals surface area contributed by atoms with Crippen LogP contribution >= 0.6 is 0 Å². The lowest BCUT2D eigenvalue weighted by Crippen LogP contribution is -1.95. The number of carbonyl (C=O) groups is 1. The highest BCUT2D eigenvalue weighted by Gasteiger charge is 2.12. The van der Waals surface area contributed by atoms with Crippen LogP contribution in [0.2, 0.25) is 0 Å². The van der Waals surface area contributed by atoms with Crippen molar-refractivity contribution >= 4 is 27.8 Å². The molecule has 0 aliphatic rings. The average molecular weight is 325 g/mol. The number of aromatic nitrogens is 1. The fourth-order valence-electron chi connectivity index (χ4n) is 2.69. The Morgan fingerprint density at radius 1 is 1.21 bits per heavy atom. The standard InChI is InChI=1S/C18H12FNO4/c19-11-4-5-12-10(9-24-17(12)6-11)8-23-16-3-1-2-14-13(16)7-15(20-14)18(21)22/h1-7,9,20H,8H2,(H,21,22). The van der Waals surface area contributed by atoms with Crippen molar-refractivity contribution < 1.29 is 23.4 Å². The van der Waals surface area contributed by atoms with Gasteiger partial charge in [-0.2, -0.15) is 0 Å². The Hall–Kier alpha value is -3.28. The highest BCUT2D eigenvalue weighted by atomic mass is 19.1. The van der Waals surface area contributed by atoms with E-state index in [9.17, 15) is 9.18 Å². The number of ether oxygens (including phenoxy) is 1. The Labute approximate surface area is 135 Å². The maximum Gasteiger partial charge on any atom is 0.352 e. The number of benzene rings is 2. The van der Waals surface area contributed by atoms with E-state index in [0.717, 1.165) is 10.9 Å². The van der Waals surface area contributed by atoms with Crippen molar-refractivity contribution in [3.05, 3.63) is 65.8 Å². The van der Waals surface area contributed by atoms with Crippen molar-refractivity contribution in [3.63, 3.8) is 0 Å². The third-order valence-electron chi connectivity index (χ3n) is 3.86. The number of nitrogens with one attached hydrogen (secondary N) is 1. The number of carboxylic acids is 1. The second-order valence-electron chi connectivity index (χ2n) is 5.40. The Morgan fingerprint density at radius 2 is 2.08 bits per heavy atom. The van der Waals surface area contributed by atoms with Crippen LogP contribution in [0.25, 0.3) is 21.9 Å². The van der Waals surface area contributed by atoms with Gasteiger partial charge in [0.1, 0.15) is 29.5 Å². The van der Waals surface area contributed by atoms with E-state index in [1.807, 2.05) is 0 Å². The molecule has 0 spiro atoms. The predicted octanol–water partition coefficient (Wildman–Crippen LogP) is 4.33. The van der Waals surface area contributed by atoms with Gasteiger partial charge in [0.25, 0.3) is 0 Å². The first kappa shape index (κ1) is 14.3. The van der Waals surface area contributed by atoms with Crippen LogP contribution in [0, 0.1) is 5.82 Å². The Kier molecular flexibility index (Phi) is 3.23. The van der Waals surface area contributed by atoms with Crippen molar-refractivity contribution in [1.29, 1.82) is 0 Å². The summed E-state index contributed by atoms with van der Waals surface area (Å²) in [7, 11) is 0. The summed E-state index contributed by atoms with van der Waals surface area (Å²) in [6.07, 6.45) is 1.53. The molecule has 5 nitrogen and oxygen atoms in total. The van der Waals surface area contributed by atoms with Crippen LogP contribution in [-0.2, 0) is 6.61 Å². The number of aromatic amines is 1. The summed E-state index contributed by atoms with van der Waals surface area (Å²) in [6, 6.07) is 11.2. The molecule has 0 unspecified atom stereocenters. The summed E-state index contributed by atoms with van der Waals surface area (Å²) in [5.74, 6) is -0.824. The van der Waals surface area contributed by atoms with Gasteiger partial charge in [-0.05, 0) is 30.3 Å². The van der Waals surface area contributed by atoms with Crippen LogP contribution in [0.4, 0.5) is 4.39 Å². The minimum atomic E-state index is -1.03. The molecule has 0 atom stereocenters. The smallest absolute Gasteiger partial charge is 0.352 e. The van der Waals surface area contributed by atoms with Crippen LogP contribution in [-0.4, -0.2) is 16.1 Å². The first-order valence-electron chi connectivity index (χ1n) is 7.25. The summed E-state index contributed by atoms with van der Waals surface area (Å²) >= 11 is 0. The van der Waals surface area contributed by atoms with Gasteiger partial charge in [0.2, 0.25) is 0 Å². The van der Waals surface area contributed by atoms with Crippen molar-refractivity contribution in [2.24, 2.45) is 0 Å². The van der Waals surface area contributed by atoms with Crippen LogP contribution in [0.15, 0.2) is 53.1 Å². The van der Waals surface area contributed by atoms with Gasteiger partial charge in [-0.15, -0.1) is 0 Å². The highest BCUT2D eigenvalue weighted by Crippen LogP contribution is 2.29. The second-order valence-corrected chi connectivity index (χ2v) is 5.40. The summed E-state index contributed by atoms with van der Waals surface area (Å²) in [5.41, 5.74) is 2.03. The quantitative estimate of drug-likeness (QED) is 0.585. The zero-order valence-corrected chi connectivity index (χ0v) is 12.4. The lowest BCUT2D eigenvalue weighted by Gasteiger charge is -2.06. The molecule has 0 fully saturated rings. The van der Waals surface area contributed by atoms with E-state index in [4.69, 9.17) is 14.3 Å². The largest absolute Gasteiger partial charge is 0.488 e. The molecule has 6 heteroatoms. The maximum atomic E-state index is 13.2. The molecular formula is C18H12FNO4. The minimum Gasteiger partial charge on any atom is -0.488 e. The maximum absolute atomic E-state index is 13.2. The Bertz CT molecular complexity index is 1060. The van der Waals surface area contributed by atoms with Gasteiger partial charge >= 0.3 is 5.97 Å². The fraction of sp³-hybridized carbons (Fsp3) is 0.0556. The number of hydrogen-bond donors (Lipinski definition) is 2. The van der Waals surface area contributed by atoms with E-state index < -0.39 is 5.97 Å². The third kappa shape index (κ3) is 2.38. The van der Waals surface area contributed by atoms with Gasteiger partial charge in [-0.1, -0.05) is 6.07 Å². The molecule has 0 aliphatic carbocycles. The highest BCUT2D eigenvalue weighted by molar-refractivity contribution is 5.96. The van der Waals surface area contributed by atoms with E-state index in [1.54, 1.807) is 24.3 Å². The van der Waals surface area contributed by atoms with Crippen molar-refractivity contribution in [3.8, 4) is 5.75 Å². The summed E-state index contributed by atoms with van der Waals surface area (Å²) < 4.78 is 24.4. The molecule has 0 saturated carbocycles. The Morgan fingerprint density at radius 3 is 2.92 bits per heavy atom. The molecule has 2 aromatic heterocycles. The van der Waals surface area contributed by atoms with Crippen LogP contribution in [0.3, 0.4) is 0 Å². The summed E-state index contributed by atoms with van der Waals surface area (Å²) in [4.78, 5) is 13.9. The van der Waals surface area contributed by atoms with Gasteiger partial charge in [0.15, 0.2) is 0 Å². The zero-order valence-electron chi connectivity index (χ0n) is 12.4. The van der Waals surface area contributed by atoms with Gasteiger partial charge in [-0.25, -0.2) is 9.18 Å². The number of carboxylic acid groups (broad SMARTS) is 1. The molecule has 2 heterocycles. The molecule has 0 aliphatic heterocycles. The molecule has 4 rings (SSSR count). The van der Waals surface area contributed by atoms with Gasteiger partial charge in [0.05, 0.1) is 6.26 Å². The average Bonchev–Trinajstić information content (AvgIpc) is 3.16. The Balaban J connectivity index is 1.65. The molecule has 0 saturated heterocycles. The van der Waals surface area contributed by atoms with E-state index in [1.165, 1.54) is 24.5 Å². The van der Waals surface area contributed by atoms with Crippen LogP contribution in [0.5, 0.6) is 5.75 Å². The van der Waals surface area contributed by atoms with Crippen molar-refractivity contribution in [1.82, 2.24) is 4.98 Å². The molecule has 0 radical (unpaired) electrons. The number of H-pyrrole nitrogens is 1. The second kappa shape index (κ2) is 5.42. The lowest BCUT2D eigenvalue weighted by molar-refractivity contribution is 0.0691. The third-order valence-corrected chi connectivity index (χ3v) is 3.86. The molecular weight excluding hydrogens is 313 g/mol. The van der Waals surface area contributed by atoms with E-state index in [2.05, 4.69) is 4.98 Å².